The number of aryl methyl sites for hydroxylation is 3. The zero-order valence-corrected chi connectivity index (χ0v) is 76.8. The minimum Gasteiger partial charge on any atom is -0.494 e. The molecule has 0 spiro atoms. The van der Waals surface area contributed by atoms with E-state index in [-0.39, 0.29) is 114 Å². The van der Waals surface area contributed by atoms with Gasteiger partial charge in [0.2, 0.25) is 23.1 Å². The summed E-state index contributed by atoms with van der Waals surface area (Å²) >= 11 is 35.5. The monoisotopic (exact) mass is 2050 g/mol. The van der Waals surface area contributed by atoms with Crippen molar-refractivity contribution in [1.29, 1.82) is 0 Å². The van der Waals surface area contributed by atoms with Crippen LogP contribution in [0.15, 0.2) is 221 Å². The lowest BCUT2D eigenvalue weighted by atomic mass is 10.0. The summed E-state index contributed by atoms with van der Waals surface area (Å²) in [6, 6.07) is 24.4. The molecule has 0 saturated heterocycles. The number of hydrogen-bond acceptors (Lipinski definition) is 23. The zero-order chi connectivity index (χ0) is 98.3. The number of hydrogen-bond donors (Lipinski definition) is 8. The molecule has 2 aliphatic rings. The second-order valence-electron chi connectivity index (χ2n) is 28.7. The second-order valence-corrected chi connectivity index (χ2v) is 37.9. The molecule has 0 aliphatic carbocycles. The van der Waals surface area contributed by atoms with Gasteiger partial charge in [0.05, 0.1) is 117 Å². The van der Waals surface area contributed by atoms with Crippen LogP contribution < -0.4 is 28.4 Å². The van der Waals surface area contributed by atoms with Crippen LogP contribution in [0.4, 0.5) is 62.3 Å². The van der Waals surface area contributed by atoms with Gasteiger partial charge in [-0.2, -0.15) is 44.2 Å². The number of carbonyl (C=O) groups excluding carboxylic acids is 4. The number of halogens is 15. The lowest BCUT2D eigenvalue weighted by Crippen LogP contribution is -2.19. The molecule has 0 amide bonds. The van der Waals surface area contributed by atoms with E-state index < -0.39 is 125 Å². The number of anilines is 4. The number of fused-ring (bicyclic) bond motifs is 4. The molecule has 0 unspecified atom stereocenters. The van der Waals surface area contributed by atoms with E-state index in [1.54, 1.807) is 51.4 Å². The molecule has 0 atom stereocenters. The number of aromatic nitrogens is 12. The summed E-state index contributed by atoms with van der Waals surface area (Å²) in [5.41, 5.74) is -2.77. The van der Waals surface area contributed by atoms with Crippen LogP contribution in [0.1, 0.15) is 103 Å². The molecule has 10 aromatic heterocycles. The molecule has 2 aliphatic heterocycles. The van der Waals surface area contributed by atoms with E-state index in [1.807, 2.05) is 4.72 Å². The Labute approximate surface area is 787 Å². The van der Waals surface area contributed by atoms with E-state index in [1.165, 1.54) is 125 Å². The largest absolute Gasteiger partial charge is 0.494 e. The number of ketones is 4. The fourth-order valence-corrected chi connectivity index (χ4v) is 18.8. The lowest BCUT2D eigenvalue weighted by molar-refractivity contribution is -0.138. The molecule has 8 N–H and O–H groups in total. The van der Waals surface area contributed by atoms with Gasteiger partial charge in [-0.1, -0.05) is 75.7 Å². The number of ether oxygens (including phenoxy) is 2. The molecule has 0 radical (unpaired) electrons. The van der Waals surface area contributed by atoms with Crippen LogP contribution in [0.25, 0.3) is 44.5 Å². The first-order chi connectivity index (χ1) is 63.4. The fraction of sp³-hybridized carbons (Fsp3) is 0.106. The maximum absolute atomic E-state index is 13.6. The minimum absolute atomic E-state index is 0.0363. The number of nitrogens with zero attached hydrogens (tertiary/aromatic N) is 9. The summed E-state index contributed by atoms with van der Waals surface area (Å²) in [4.78, 5) is 92.6. The van der Waals surface area contributed by atoms with Gasteiger partial charge < -0.3 is 29.6 Å². The maximum Gasteiger partial charge on any atom is 0.417 e. The van der Waals surface area contributed by atoms with E-state index in [0.29, 0.717) is 84.5 Å². The highest BCUT2D eigenvalue weighted by molar-refractivity contribution is 7.93. The van der Waals surface area contributed by atoms with Crippen molar-refractivity contribution in [3.05, 3.63) is 316 Å². The highest BCUT2D eigenvalue weighted by atomic mass is 35.5. The molecule has 4 aromatic carbocycles. The van der Waals surface area contributed by atoms with Crippen LogP contribution in [0.2, 0.25) is 30.1 Å². The van der Waals surface area contributed by atoms with Crippen molar-refractivity contribution < 1.29 is 107 Å². The molecule has 16 rings (SSSR count). The highest BCUT2D eigenvalue weighted by Crippen LogP contribution is 2.42. The van der Waals surface area contributed by atoms with Crippen molar-refractivity contribution in [1.82, 2.24) is 59.6 Å². The lowest BCUT2D eigenvalue weighted by Gasteiger charge is -2.17. The predicted molar refractivity (Wildman–Crippen MR) is 481 cm³/mol. The van der Waals surface area contributed by atoms with Crippen LogP contribution in [0.5, 0.6) is 11.5 Å². The average molecular weight is 2060 g/mol. The molecule has 0 saturated carbocycles. The third kappa shape index (κ3) is 21.5. The van der Waals surface area contributed by atoms with Crippen LogP contribution in [0.3, 0.4) is 0 Å². The predicted octanol–water partition coefficient (Wildman–Crippen LogP) is 19.8. The van der Waals surface area contributed by atoms with E-state index in [9.17, 15) is 97.6 Å². The SMILES string of the molecule is COc1cn(O)c2nccc-2c1C(=O)c1ncc(C)cc1NS(=O)(=O)c1ccc(Cl)c(C(F)(F)F)c1.COc1cnc2[nH]ccc2c1C(=O)c1ncc(C)cc1NS(=O)(=O)c1ccc(C)c(C(F)(F)F)c1.Cc1c(Cl)cc(S(=O)(=O)Nc2cc(Cl)cnc2C(=O)c2ccnc3[nH]ccc23)cc1Cl.O=C(c1ncc(C(F)(F)F)cc1NS(=O)(=O)c1ccc(Cl)c(Cl)c1)c1ccnc2[nH]ccc12. The van der Waals surface area contributed by atoms with Crippen molar-refractivity contribution in [2.75, 3.05) is 33.1 Å². The van der Waals surface area contributed by atoms with Gasteiger partial charge in [0.15, 0.2) is 11.6 Å². The molecule has 12 heterocycles. The summed E-state index contributed by atoms with van der Waals surface area (Å²) in [5, 5.41) is 11.4. The normalized spacial score (nSPS) is 12.0. The Morgan fingerprint density at radius 2 is 0.807 bits per heavy atom. The van der Waals surface area contributed by atoms with Crippen LogP contribution in [0, 0.1) is 27.7 Å². The Bertz CT molecular complexity index is 7910. The van der Waals surface area contributed by atoms with Gasteiger partial charge in [0.25, 0.3) is 40.1 Å². The summed E-state index contributed by atoms with van der Waals surface area (Å²) in [7, 11) is -15.1. The second kappa shape index (κ2) is 38.8. The minimum atomic E-state index is -4.89. The summed E-state index contributed by atoms with van der Waals surface area (Å²) in [6.07, 6.45) is 1.32. The number of carbonyl (C=O) groups is 4. The summed E-state index contributed by atoms with van der Waals surface area (Å²) in [5.74, 6) is -2.61. The first-order valence-electron chi connectivity index (χ1n) is 37.9. The van der Waals surface area contributed by atoms with E-state index in [4.69, 9.17) is 79.1 Å². The van der Waals surface area contributed by atoms with Gasteiger partial charge in [-0.15, -0.1) is 0 Å². The number of H-pyrrole nitrogens is 3. The van der Waals surface area contributed by atoms with Crippen molar-refractivity contribution >= 4 is 189 Å². The Morgan fingerprint density at radius 1 is 0.393 bits per heavy atom. The van der Waals surface area contributed by atoms with Crippen LogP contribution in [-0.4, -0.2) is 136 Å². The third-order valence-corrected chi connectivity index (χ3v) is 27.1. The van der Waals surface area contributed by atoms with Crippen LogP contribution in [-0.2, 0) is 58.6 Å². The van der Waals surface area contributed by atoms with Crippen molar-refractivity contribution in [2.45, 2.75) is 65.8 Å². The number of rotatable bonds is 22. The summed E-state index contributed by atoms with van der Waals surface area (Å²) in [6.45, 7) is 6.12. The fourth-order valence-electron chi connectivity index (χ4n) is 13.1. The first-order valence-corrected chi connectivity index (χ1v) is 46.1. The van der Waals surface area contributed by atoms with Gasteiger partial charge in [0.1, 0.15) is 45.5 Å². The Hall–Kier alpha value is -13.6. The number of methoxy groups -OCH3 is 2. The number of nitrogens with one attached hydrogen (secondary N) is 7. The van der Waals surface area contributed by atoms with Gasteiger partial charge in [-0.25, -0.2) is 63.6 Å². The number of aromatic amines is 3. The van der Waals surface area contributed by atoms with Crippen molar-refractivity contribution in [3.8, 4) is 22.9 Å². The quantitative estimate of drug-likeness (QED) is 0.0177. The van der Waals surface area contributed by atoms with Gasteiger partial charge in [0, 0.05) is 105 Å². The van der Waals surface area contributed by atoms with Crippen molar-refractivity contribution in [2.24, 2.45) is 0 Å². The van der Waals surface area contributed by atoms with E-state index in [0.717, 1.165) is 42.6 Å². The third-order valence-electron chi connectivity index (χ3n) is 19.6. The number of alkyl halides is 9. The molecule has 50 heteroatoms. The maximum atomic E-state index is 13.6. The number of sulfonamides is 4. The molecular formula is C85H59Cl6F9N16O15S4. The molecule has 698 valence electrons. The average Bonchev–Trinajstić information content (AvgIpc) is 1.70. The van der Waals surface area contributed by atoms with Crippen LogP contribution >= 0.6 is 69.6 Å². The number of pyridine rings is 8. The zero-order valence-electron chi connectivity index (χ0n) is 69.0. The smallest absolute Gasteiger partial charge is 0.417 e. The number of benzene rings is 4. The summed E-state index contributed by atoms with van der Waals surface area (Å²) < 4.78 is 243. The molecule has 0 bridgehead atoms. The van der Waals surface area contributed by atoms with Crippen molar-refractivity contribution in [3.63, 3.8) is 0 Å². The Balaban J connectivity index is 0.000000153. The van der Waals surface area contributed by atoms with E-state index >= 15 is 0 Å². The van der Waals surface area contributed by atoms with Gasteiger partial charge in [-0.05, 0) is 171 Å². The highest BCUT2D eigenvalue weighted by Gasteiger charge is 2.39. The first kappa shape index (κ1) is 98.9. The van der Waals surface area contributed by atoms with Gasteiger partial charge in [-0.3, -0.25) is 48.0 Å². The molecular weight excluding hydrogens is 2000 g/mol. The Morgan fingerprint density at radius 3 is 1.30 bits per heavy atom. The van der Waals surface area contributed by atoms with E-state index in [2.05, 4.69) is 69.0 Å². The molecule has 14 aromatic rings. The standard InChI is InChI=1S/C23H19F3N4O4S.C22H16ClF3N4O5S.C20H13Cl3N4O3S.C20H11Cl2F3N4O3S/c1-12-8-17(30-35(32,33)14-5-4-13(2)16(9-14)23(24,25)26)20(28-10-12)21(31)19-15-6-7-27-22(15)29-11-18(19)34-3;1-11-7-16(29-36(33,34)12-3-4-15(23)14(8-12)22(24,25)26)19(28-9-11)20(31)18-13-5-6-27-21(13)30(32)10-17(18)35-2;1-10-15(22)7-12(8-16(10)23)31(29,30)27-17-6-11(21)9-26-18(17)19(28)13-2-4-24-20-14(13)3-5-25-20;21-14-2-1-11(8-15(14)22)33(31,32)29-16-7-10(20(23,24)25)9-28-17(16)18(30)12-3-5-26-19-13(12)4-6-27-19/h4-11,30H,1-3H3,(H,27,29);3-10,29,32H,1-2H3;2-9,27H,1H3,(H,24,25);1-9,29H,(H,26,27). The van der Waals surface area contributed by atoms with Gasteiger partial charge >= 0.3 is 18.5 Å². The molecule has 0 fully saturated rings. The molecule has 31 nitrogen and oxygen atoms in total. The molecule has 135 heavy (non-hydrogen) atoms. The topological polar surface area (TPSA) is 447 Å². The Kier molecular flexibility index (Phi) is 28.4.